The van der Waals surface area contributed by atoms with Crippen LogP contribution in [-0.4, -0.2) is 85.7 Å². The van der Waals surface area contributed by atoms with Crippen molar-refractivity contribution in [2.75, 3.05) is 51.3 Å². The van der Waals surface area contributed by atoms with Crippen LogP contribution in [0.4, 0.5) is 10.5 Å². The molecule has 8 nitrogen and oxygen atoms in total. The number of benzene rings is 2. The van der Waals surface area contributed by atoms with Crippen molar-refractivity contribution in [2.24, 2.45) is 0 Å². The number of likely N-dealkylation sites (N-methyl/N-ethyl adjacent to an activating group) is 1. The fourth-order valence-corrected chi connectivity index (χ4v) is 4.22. The van der Waals surface area contributed by atoms with Crippen LogP contribution < -0.4 is 4.90 Å². The lowest BCUT2D eigenvalue weighted by molar-refractivity contribution is -0.135. The van der Waals surface area contributed by atoms with E-state index in [1.54, 1.807) is 11.9 Å². The van der Waals surface area contributed by atoms with Crippen molar-refractivity contribution < 1.29 is 24.2 Å². The predicted molar refractivity (Wildman–Crippen MR) is 131 cm³/mol. The number of hydrogen-bond donors (Lipinski definition) is 1. The SMILES string of the molecule is CN(CCN1CCC(N(C(=O)O)c2ccccc2-c2ccccc2)CC1)C(=O)COCCC=O. The smallest absolute Gasteiger partial charge is 0.412 e. The topological polar surface area (TPSA) is 90.4 Å². The number of para-hydroxylation sites is 1. The first-order valence-corrected chi connectivity index (χ1v) is 11.7. The Bertz CT molecular complexity index is 944. The maximum atomic E-state index is 12.3. The van der Waals surface area contributed by atoms with Gasteiger partial charge in [-0.3, -0.25) is 9.69 Å². The van der Waals surface area contributed by atoms with Crippen LogP contribution in [-0.2, 0) is 14.3 Å². The third kappa shape index (κ3) is 6.88. The fraction of sp³-hybridized carbons (Fsp3) is 0.423. The van der Waals surface area contributed by atoms with Crippen LogP contribution in [0.15, 0.2) is 54.6 Å². The molecule has 0 unspecified atom stereocenters. The van der Waals surface area contributed by atoms with Gasteiger partial charge in [-0.05, 0) is 24.5 Å². The first-order chi connectivity index (χ1) is 16.5. The normalized spacial score (nSPS) is 14.5. The zero-order valence-corrected chi connectivity index (χ0v) is 19.6. The molecule has 34 heavy (non-hydrogen) atoms. The van der Waals surface area contributed by atoms with Gasteiger partial charge in [-0.1, -0.05) is 48.5 Å². The van der Waals surface area contributed by atoms with Gasteiger partial charge >= 0.3 is 6.09 Å². The van der Waals surface area contributed by atoms with Crippen molar-refractivity contribution in [3.63, 3.8) is 0 Å². The molecule has 2 aromatic carbocycles. The summed E-state index contributed by atoms with van der Waals surface area (Å²) in [5.74, 6) is -0.115. The Labute approximate surface area is 200 Å². The minimum absolute atomic E-state index is 0.0270. The maximum Gasteiger partial charge on any atom is 0.412 e. The van der Waals surface area contributed by atoms with E-state index >= 15 is 0 Å². The van der Waals surface area contributed by atoms with Crippen LogP contribution in [0.2, 0.25) is 0 Å². The molecule has 182 valence electrons. The molecule has 0 spiro atoms. The number of piperidine rings is 1. The molecule has 1 N–H and O–H groups in total. The molecule has 0 atom stereocenters. The quantitative estimate of drug-likeness (QED) is 0.403. The van der Waals surface area contributed by atoms with E-state index in [2.05, 4.69) is 4.90 Å². The summed E-state index contributed by atoms with van der Waals surface area (Å²) in [6.07, 6.45) is 1.56. The Balaban J connectivity index is 1.56. The molecule has 2 amide bonds. The highest BCUT2D eigenvalue weighted by molar-refractivity contribution is 5.93. The first kappa shape index (κ1) is 25.4. The van der Waals surface area contributed by atoms with Gasteiger partial charge in [0.1, 0.15) is 12.9 Å². The molecule has 0 saturated carbocycles. The number of nitrogens with zero attached hydrogens (tertiary/aromatic N) is 3. The second-order valence-electron chi connectivity index (χ2n) is 8.43. The minimum atomic E-state index is -0.943. The Morgan fingerprint density at radius 1 is 1.09 bits per heavy atom. The van der Waals surface area contributed by atoms with Gasteiger partial charge in [-0.2, -0.15) is 0 Å². The average molecular weight is 468 g/mol. The Hall–Kier alpha value is -3.23. The van der Waals surface area contributed by atoms with Crippen molar-refractivity contribution >= 4 is 24.0 Å². The molecular formula is C26H33N3O5. The molecule has 2 aromatic rings. The number of likely N-dealkylation sites (tertiary alicyclic amines) is 1. The van der Waals surface area contributed by atoms with Crippen molar-refractivity contribution in [2.45, 2.75) is 25.3 Å². The van der Waals surface area contributed by atoms with Gasteiger partial charge in [0.15, 0.2) is 0 Å². The van der Waals surface area contributed by atoms with Gasteiger partial charge < -0.3 is 24.4 Å². The van der Waals surface area contributed by atoms with E-state index in [9.17, 15) is 19.5 Å². The number of aldehydes is 1. The van der Waals surface area contributed by atoms with E-state index in [0.717, 1.165) is 49.9 Å². The van der Waals surface area contributed by atoms with E-state index in [-0.39, 0.29) is 31.6 Å². The Morgan fingerprint density at radius 2 is 1.76 bits per heavy atom. The number of amides is 2. The predicted octanol–water partition coefficient (Wildman–Crippen LogP) is 3.37. The zero-order chi connectivity index (χ0) is 24.3. The summed E-state index contributed by atoms with van der Waals surface area (Å²) in [5.41, 5.74) is 2.60. The number of carboxylic acid groups (broad SMARTS) is 1. The lowest BCUT2D eigenvalue weighted by Gasteiger charge is -2.38. The number of rotatable bonds is 11. The molecular weight excluding hydrogens is 434 g/mol. The lowest BCUT2D eigenvalue weighted by atomic mass is 9.98. The number of hydrogen-bond acceptors (Lipinski definition) is 5. The third-order valence-corrected chi connectivity index (χ3v) is 6.16. The van der Waals surface area contributed by atoms with Gasteiger partial charge in [0.05, 0.1) is 12.3 Å². The average Bonchev–Trinajstić information content (AvgIpc) is 2.86. The number of carbonyl (C=O) groups excluding carboxylic acids is 2. The van der Waals surface area contributed by atoms with Crippen molar-refractivity contribution in [3.8, 4) is 11.1 Å². The van der Waals surface area contributed by atoms with E-state index in [1.807, 2.05) is 54.6 Å². The molecule has 0 aliphatic carbocycles. The van der Waals surface area contributed by atoms with E-state index in [1.165, 1.54) is 4.90 Å². The highest BCUT2D eigenvalue weighted by atomic mass is 16.5. The van der Waals surface area contributed by atoms with E-state index in [0.29, 0.717) is 12.2 Å². The van der Waals surface area contributed by atoms with Gasteiger partial charge in [0, 0.05) is 51.3 Å². The molecule has 0 bridgehead atoms. The monoisotopic (exact) mass is 467 g/mol. The molecule has 0 radical (unpaired) electrons. The standard InChI is InChI=1S/C26H33N3O5/c1-27(25(31)20-34-19-7-18-30)16-17-28-14-12-22(13-15-28)29(26(32)33)24-11-6-5-10-23(24)21-8-3-2-4-9-21/h2-6,8-11,18,22H,7,12-17,19-20H2,1H3,(H,32,33). The van der Waals surface area contributed by atoms with Crippen LogP contribution in [0.1, 0.15) is 19.3 Å². The highest BCUT2D eigenvalue weighted by Gasteiger charge is 2.30. The largest absolute Gasteiger partial charge is 0.465 e. The summed E-state index contributed by atoms with van der Waals surface area (Å²) in [4.78, 5) is 40.2. The third-order valence-electron chi connectivity index (χ3n) is 6.16. The molecule has 1 fully saturated rings. The van der Waals surface area contributed by atoms with Gasteiger partial charge in [0.2, 0.25) is 5.91 Å². The number of anilines is 1. The summed E-state index contributed by atoms with van der Waals surface area (Å²) in [7, 11) is 1.74. The minimum Gasteiger partial charge on any atom is -0.465 e. The van der Waals surface area contributed by atoms with Crippen molar-refractivity contribution in [1.29, 1.82) is 0 Å². The van der Waals surface area contributed by atoms with Crippen molar-refractivity contribution in [1.82, 2.24) is 9.80 Å². The molecule has 8 heteroatoms. The van der Waals surface area contributed by atoms with Gasteiger partial charge in [-0.15, -0.1) is 0 Å². The van der Waals surface area contributed by atoms with Crippen LogP contribution in [0.5, 0.6) is 0 Å². The van der Waals surface area contributed by atoms with Gasteiger partial charge in [0.25, 0.3) is 0 Å². The fourth-order valence-electron chi connectivity index (χ4n) is 4.22. The second-order valence-corrected chi connectivity index (χ2v) is 8.43. The molecule has 1 saturated heterocycles. The van der Waals surface area contributed by atoms with Crippen LogP contribution in [0.25, 0.3) is 11.1 Å². The molecule has 1 heterocycles. The molecule has 0 aromatic heterocycles. The lowest BCUT2D eigenvalue weighted by Crippen LogP contribution is -2.49. The van der Waals surface area contributed by atoms with Gasteiger partial charge in [-0.25, -0.2) is 4.79 Å². The maximum absolute atomic E-state index is 12.3. The van der Waals surface area contributed by atoms with Crippen LogP contribution >= 0.6 is 0 Å². The van der Waals surface area contributed by atoms with Crippen LogP contribution in [0.3, 0.4) is 0 Å². The molecule has 1 aliphatic rings. The summed E-state index contributed by atoms with van der Waals surface area (Å²) < 4.78 is 5.20. The Morgan fingerprint density at radius 3 is 2.44 bits per heavy atom. The van der Waals surface area contributed by atoms with E-state index in [4.69, 9.17) is 4.74 Å². The highest BCUT2D eigenvalue weighted by Crippen LogP contribution is 2.34. The first-order valence-electron chi connectivity index (χ1n) is 11.7. The summed E-state index contributed by atoms with van der Waals surface area (Å²) in [5, 5.41) is 10.1. The van der Waals surface area contributed by atoms with E-state index < -0.39 is 6.09 Å². The van der Waals surface area contributed by atoms with Crippen molar-refractivity contribution in [3.05, 3.63) is 54.6 Å². The number of ether oxygens (including phenoxy) is 1. The summed E-state index contributed by atoms with van der Waals surface area (Å²) in [6, 6.07) is 17.4. The zero-order valence-electron chi connectivity index (χ0n) is 19.6. The number of carbonyl (C=O) groups is 3. The second kappa shape index (κ2) is 12.9. The molecule has 1 aliphatic heterocycles. The Kier molecular flexibility index (Phi) is 9.61. The van der Waals surface area contributed by atoms with Crippen LogP contribution in [0, 0.1) is 0 Å². The summed E-state index contributed by atoms with van der Waals surface area (Å²) in [6.45, 7) is 3.04. The summed E-state index contributed by atoms with van der Waals surface area (Å²) >= 11 is 0. The molecule has 3 rings (SSSR count).